The van der Waals surface area contributed by atoms with Crippen LogP contribution in [-0.2, 0) is 14.8 Å². The number of aryl methyl sites for hydroxylation is 1. The maximum atomic E-state index is 12.0. The smallest absolute Gasteiger partial charge is 0.248 e. The van der Waals surface area contributed by atoms with Crippen LogP contribution in [0.2, 0.25) is 0 Å². The van der Waals surface area contributed by atoms with Gasteiger partial charge in [-0.2, -0.15) is 0 Å². The van der Waals surface area contributed by atoms with E-state index in [1.807, 2.05) is 31.2 Å². The number of hydrogen-bond donors (Lipinski definition) is 1. The van der Waals surface area contributed by atoms with Gasteiger partial charge in [-0.25, -0.2) is 12.7 Å². The van der Waals surface area contributed by atoms with Crippen molar-refractivity contribution >= 4 is 27.7 Å². The molecule has 0 heterocycles. The molecule has 24 heavy (non-hydrogen) atoms. The summed E-state index contributed by atoms with van der Waals surface area (Å²) in [6.45, 7) is 2.00. The van der Waals surface area contributed by atoms with Gasteiger partial charge in [0.25, 0.3) is 0 Å². The molecule has 0 aliphatic carbocycles. The van der Waals surface area contributed by atoms with Gasteiger partial charge >= 0.3 is 0 Å². The predicted octanol–water partition coefficient (Wildman–Crippen LogP) is 2.90. The monoisotopic (exact) mass is 344 g/mol. The van der Waals surface area contributed by atoms with E-state index >= 15 is 0 Å². The van der Waals surface area contributed by atoms with Gasteiger partial charge in [-0.05, 0) is 42.8 Å². The van der Waals surface area contributed by atoms with Crippen LogP contribution < -0.4 is 5.32 Å². The Labute approximate surface area is 142 Å². The quantitative estimate of drug-likeness (QED) is 0.848. The van der Waals surface area contributed by atoms with E-state index in [1.54, 1.807) is 18.2 Å². The zero-order valence-electron chi connectivity index (χ0n) is 13.9. The van der Waals surface area contributed by atoms with Crippen LogP contribution in [0.25, 0.3) is 6.08 Å². The van der Waals surface area contributed by atoms with Crippen molar-refractivity contribution in [1.82, 2.24) is 4.31 Å². The standard InChI is InChI=1S/C18H20N2O3S/c1-14-4-6-15(7-5-14)8-13-18(21)19-16-9-11-17(12-10-16)24(22,23)20(2)3/h4-13H,1-3H3,(H,19,21)/b13-8-. The van der Waals surface area contributed by atoms with Crippen molar-refractivity contribution in [2.24, 2.45) is 0 Å². The summed E-state index contributed by atoms with van der Waals surface area (Å²) >= 11 is 0. The zero-order chi connectivity index (χ0) is 17.7. The first-order valence-corrected chi connectivity index (χ1v) is 8.81. The Hall–Kier alpha value is -2.44. The van der Waals surface area contributed by atoms with Crippen molar-refractivity contribution in [3.63, 3.8) is 0 Å². The molecule has 0 unspecified atom stereocenters. The van der Waals surface area contributed by atoms with Crippen molar-refractivity contribution in [3.05, 3.63) is 65.7 Å². The summed E-state index contributed by atoms with van der Waals surface area (Å²) in [5, 5.41) is 2.70. The third kappa shape index (κ3) is 4.53. The molecule has 126 valence electrons. The summed E-state index contributed by atoms with van der Waals surface area (Å²) < 4.78 is 25.1. The number of nitrogens with one attached hydrogen (secondary N) is 1. The summed E-state index contributed by atoms with van der Waals surface area (Å²) in [5.41, 5.74) is 2.62. The van der Waals surface area contributed by atoms with Gasteiger partial charge in [0.05, 0.1) is 4.90 Å². The molecule has 2 aromatic rings. The topological polar surface area (TPSA) is 66.5 Å². The molecule has 0 saturated carbocycles. The van der Waals surface area contributed by atoms with E-state index in [9.17, 15) is 13.2 Å². The van der Waals surface area contributed by atoms with Gasteiger partial charge in [0.1, 0.15) is 0 Å². The van der Waals surface area contributed by atoms with Crippen molar-refractivity contribution in [1.29, 1.82) is 0 Å². The van der Waals surface area contributed by atoms with E-state index in [1.165, 1.54) is 32.3 Å². The molecule has 6 heteroatoms. The first-order valence-electron chi connectivity index (χ1n) is 7.37. The lowest BCUT2D eigenvalue weighted by molar-refractivity contribution is -0.111. The highest BCUT2D eigenvalue weighted by Gasteiger charge is 2.16. The molecule has 0 bridgehead atoms. The SMILES string of the molecule is Cc1ccc(/C=C\C(=O)Nc2ccc(S(=O)(=O)N(C)C)cc2)cc1. The number of benzene rings is 2. The second-order valence-electron chi connectivity index (χ2n) is 5.55. The molecule has 5 nitrogen and oxygen atoms in total. The second kappa shape index (κ2) is 7.42. The fourth-order valence-corrected chi connectivity index (χ4v) is 2.86. The van der Waals surface area contributed by atoms with Gasteiger partial charge in [-0.3, -0.25) is 4.79 Å². The van der Waals surface area contributed by atoms with Gasteiger partial charge in [0.15, 0.2) is 0 Å². The molecular weight excluding hydrogens is 324 g/mol. The Balaban J connectivity index is 2.03. The van der Waals surface area contributed by atoms with Crippen molar-refractivity contribution in [2.75, 3.05) is 19.4 Å². The van der Waals surface area contributed by atoms with E-state index in [0.717, 1.165) is 15.4 Å². The Morgan fingerprint density at radius 3 is 2.12 bits per heavy atom. The minimum Gasteiger partial charge on any atom is -0.323 e. The van der Waals surface area contributed by atoms with Crippen molar-refractivity contribution < 1.29 is 13.2 Å². The molecule has 0 spiro atoms. The van der Waals surface area contributed by atoms with Crippen molar-refractivity contribution in [2.45, 2.75) is 11.8 Å². The van der Waals surface area contributed by atoms with Crippen LogP contribution in [0.1, 0.15) is 11.1 Å². The molecule has 0 radical (unpaired) electrons. The number of anilines is 1. The Kier molecular flexibility index (Phi) is 5.54. The number of rotatable bonds is 5. The molecule has 0 fully saturated rings. The summed E-state index contributed by atoms with van der Waals surface area (Å²) in [7, 11) is -0.519. The average molecular weight is 344 g/mol. The van der Waals surface area contributed by atoms with Crippen LogP contribution in [0.15, 0.2) is 59.5 Å². The van der Waals surface area contributed by atoms with Crippen LogP contribution in [-0.4, -0.2) is 32.7 Å². The molecule has 0 atom stereocenters. The van der Waals surface area contributed by atoms with Gasteiger partial charge in [-0.15, -0.1) is 0 Å². The first kappa shape index (κ1) is 17.9. The minimum absolute atomic E-state index is 0.181. The normalized spacial score (nSPS) is 11.8. The van der Waals surface area contributed by atoms with E-state index in [-0.39, 0.29) is 10.8 Å². The lowest BCUT2D eigenvalue weighted by atomic mass is 10.1. The van der Waals surface area contributed by atoms with E-state index in [4.69, 9.17) is 0 Å². The van der Waals surface area contributed by atoms with Gasteiger partial charge < -0.3 is 5.32 Å². The third-order valence-electron chi connectivity index (χ3n) is 3.40. The fraction of sp³-hybridized carbons (Fsp3) is 0.167. The number of sulfonamides is 1. The summed E-state index contributed by atoms with van der Waals surface area (Å²) in [6, 6.07) is 13.9. The maximum absolute atomic E-state index is 12.0. The second-order valence-corrected chi connectivity index (χ2v) is 7.70. The number of amides is 1. The lowest BCUT2D eigenvalue weighted by Gasteiger charge is -2.11. The fourth-order valence-electron chi connectivity index (χ4n) is 1.95. The van der Waals surface area contributed by atoms with Crippen LogP contribution in [0.5, 0.6) is 0 Å². The van der Waals surface area contributed by atoms with Crippen LogP contribution >= 0.6 is 0 Å². The summed E-state index contributed by atoms with van der Waals surface area (Å²) in [5.74, 6) is -0.279. The van der Waals surface area contributed by atoms with Crippen molar-refractivity contribution in [3.8, 4) is 0 Å². The third-order valence-corrected chi connectivity index (χ3v) is 5.23. The molecular formula is C18H20N2O3S. The largest absolute Gasteiger partial charge is 0.323 e. The maximum Gasteiger partial charge on any atom is 0.248 e. The lowest BCUT2D eigenvalue weighted by Crippen LogP contribution is -2.22. The van der Waals surface area contributed by atoms with Crippen LogP contribution in [0.3, 0.4) is 0 Å². The van der Waals surface area contributed by atoms with Gasteiger partial charge in [0, 0.05) is 25.9 Å². The minimum atomic E-state index is -3.47. The highest BCUT2D eigenvalue weighted by molar-refractivity contribution is 7.89. The molecule has 1 N–H and O–H groups in total. The molecule has 0 aromatic heterocycles. The number of carbonyl (C=O) groups is 1. The van der Waals surface area contributed by atoms with E-state index < -0.39 is 10.0 Å². The molecule has 2 rings (SSSR count). The summed E-state index contributed by atoms with van der Waals surface area (Å²) in [6.07, 6.45) is 3.16. The molecule has 0 aliphatic heterocycles. The highest BCUT2D eigenvalue weighted by Crippen LogP contribution is 2.16. The number of nitrogens with zero attached hydrogens (tertiary/aromatic N) is 1. The predicted molar refractivity (Wildman–Crippen MR) is 96.2 cm³/mol. The van der Waals surface area contributed by atoms with E-state index in [2.05, 4.69) is 5.32 Å². The molecule has 1 amide bonds. The average Bonchev–Trinajstić information content (AvgIpc) is 2.54. The van der Waals surface area contributed by atoms with Crippen LogP contribution in [0, 0.1) is 6.92 Å². The number of carbonyl (C=O) groups excluding carboxylic acids is 1. The van der Waals surface area contributed by atoms with Crippen LogP contribution in [0.4, 0.5) is 5.69 Å². The molecule has 0 aliphatic rings. The zero-order valence-corrected chi connectivity index (χ0v) is 14.7. The summed E-state index contributed by atoms with van der Waals surface area (Å²) in [4.78, 5) is 12.1. The number of hydrogen-bond acceptors (Lipinski definition) is 3. The first-order chi connectivity index (χ1) is 11.3. The highest BCUT2D eigenvalue weighted by atomic mass is 32.2. The molecule has 2 aromatic carbocycles. The Morgan fingerprint density at radius 1 is 1.00 bits per heavy atom. The molecule has 0 saturated heterocycles. The van der Waals surface area contributed by atoms with Gasteiger partial charge in [-0.1, -0.05) is 29.8 Å². The Bertz CT molecular complexity index is 837. The Morgan fingerprint density at radius 2 is 1.58 bits per heavy atom. The van der Waals surface area contributed by atoms with Gasteiger partial charge in [0.2, 0.25) is 15.9 Å². The van der Waals surface area contributed by atoms with E-state index in [0.29, 0.717) is 5.69 Å².